The van der Waals surface area contributed by atoms with Crippen molar-refractivity contribution >= 4 is 11.6 Å². The minimum absolute atomic E-state index is 0.123. The molecule has 0 unspecified atom stereocenters. The monoisotopic (exact) mass is 159 g/mol. The Hall–Kier alpha value is -0.640. The zero-order valence-corrected chi connectivity index (χ0v) is 5.78. The van der Waals surface area contributed by atoms with Gasteiger partial charge in [-0.2, -0.15) is 0 Å². The quantitative estimate of drug-likeness (QED) is 0.469. The summed E-state index contributed by atoms with van der Waals surface area (Å²) >= 11 is 5.49. The van der Waals surface area contributed by atoms with Crippen LogP contribution >= 0.6 is 11.6 Å². The standard InChI is InChI=1S/C6H6ClNO2/c7-5-4(6(9)10)2-1-3-8-5/h1-3,6,9-10H. The van der Waals surface area contributed by atoms with Gasteiger partial charge in [0.25, 0.3) is 0 Å². The van der Waals surface area contributed by atoms with Crippen molar-refractivity contribution in [3.63, 3.8) is 0 Å². The van der Waals surface area contributed by atoms with Crippen LogP contribution in [0.5, 0.6) is 0 Å². The van der Waals surface area contributed by atoms with Crippen LogP contribution in [0.4, 0.5) is 0 Å². The molecule has 0 aliphatic heterocycles. The average molecular weight is 160 g/mol. The van der Waals surface area contributed by atoms with Crippen LogP contribution in [0, 0.1) is 0 Å². The number of rotatable bonds is 1. The van der Waals surface area contributed by atoms with Gasteiger partial charge < -0.3 is 10.2 Å². The van der Waals surface area contributed by atoms with Crippen molar-refractivity contribution in [2.24, 2.45) is 0 Å². The number of aliphatic hydroxyl groups excluding tert-OH is 1. The van der Waals surface area contributed by atoms with Gasteiger partial charge in [0.15, 0.2) is 6.29 Å². The molecule has 1 aromatic rings. The van der Waals surface area contributed by atoms with E-state index in [2.05, 4.69) is 4.98 Å². The lowest BCUT2D eigenvalue weighted by atomic mass is 10.3. The van der Waals surface area contributed by atoms with Gasteiger partial charge in [-0.05, 0) is 12.1 Å². The van der Waals surface area contributed by atoms with Crippen LogP contribution in [0.3, 0.4) is 0 Å². The first-order valence-corrected chi connectivity index (χ1v) is 3.06. The average Bonchev–Trinajstić information content (AvgIpc) is 1.88. The van der Waals surface area contributed by atoms with Crippen LogP contribution in [0.25, 0.3) is 0 Å². The fraction of sp³-hybridized carbons (Fsp3) is 0.167. The van der Waals surface area contributed by atoms with Crippen molar-refractivity contribution in [2.75, 3.05) is 0 Å². The van der Waals surface area contributed by atoms with Crippen LogP contribution in [-0.4, -0.2) is 15.2 Å². The van der Waals surface area contributed by atoms with E-state index in [1.807, 2.05) is 0 Å². The predicted octanol–water partition coefficient (Wildman–Crippen LogP) is 0.718. The molecule has 54 valence electrons. The summed E-state index contributed by atoms with van der Waals surface area (Å²) in [5, 5.41) is 17.4. The highest BCUT2D eigenvalue weighted by atomic mass is 35.5. The van der Waals surface area contributed by atoms with Crippen LogP contribution in [0.1, 0.15) is 11.9 Å². The lowest BCUT2D eigenvalue weighted by molar-refractivity contribution is -0.0426. The molecule has 0 radical (unpaired) electrons. The topological polar surface area (TPSA) is 53.4 Å². The Morgan fingerprint density at radius 1 is 1.50 bits per heavy atom. The molecule has 1 heterocycles. The second-order valence-corrected chi connectivity index (χ2v) is 2.12. The smallest absolute Gasteiger partial charge is 0.181 e. The third-order valence-electron chi connectivity index (χ3n) is 1.07. The van der Waals surface area contributed by atoms with Gasteiger partial charge in [0.05, 0.1) is 0 Å². The van der Waals surface area contributed by atoms with E-state index in [-0.39, 0.29) is 10.7 Å². The van der Waals surface area contributed by atoms with E-state index in [1.54, 1.807) is 6.07 Å². The first-order chi connectivity index (χ1) is 4.72. The Morgan fingerprint density at radius 3 is 2.60 bits per heavy atom. The molecular formula is C6H6ClNO2. The van der Waals surface area contributed by atoms with Gasteiger partial charge in [-0.15, -0.1) is 0 Å². The highest BCUT2D eigenvalue weighted by molar-refractivity contribution is 6.30. The van der Waals surface area contributed by atoms with Crippen LogP contribution < -0.4 is 0 Å². The summed E-state index contributed by atoms with van der Waals surface area (Å²) in [7, 11) is 0. The summed E-state index contributed by atoms with van der Waals surface area (Å²) in [5.41, 5.74) is 0.226. The maximum absolute atomic E-state index is 8.64. The molecule has 0 saturated carbocycles. The number of aliphatic hydroxyl groups is 2. The van der Waals surface area contributed by atoms with Gasteiger partial charge in [0.2, 0.25) is 0 Å². The Bertz CT molecular complexity index is 227. The molecule has 0 aliphatic carbocycles. The molecule has 0 saturated heterocycles. The highest BCUT2D eigenvalue weighted by Crippen LogP contribution is 2.17. The molecule has 1 aromatic heterocycles. The first-order valence-electron chi connectivity index (χ1n) is 2.68. The van der Waals surface area contributed by atoms with E-state index in [0.717, 1.165) is 0 Å². The third-order valence-corrected chi connectivity index (χ3v) is 1.38. The Labute approximate surface area is 62.9 Å². The molecule has 0 aliphatic rings. The number of halogens is 1. The van der Waals surface area contributed by atoms with Crippen LogP contribution in [-0.2, 0) is 0 Å². The number of hydrogen-bond acceptors (Lipinski definition) is 3. The lowest BCUT2D eigenvalue weighted by Crippen LogP contribution is -1.96. The van der Waals surface area contributed by atoms with Crippen LogP contribution in [0.2, 0.25) is 5.15 Å². The molecule has 4 heteroatoms. The number of pyridine rings is 1. The second kappa shape index (κ2) is 2.96. The third kappa shape index (κ3) is 1.44. The molecule has 0 amide bonds. The molecule has 0 aromatic carbocycles. The summed E-state index contributed by atoms with van der Waals surface area (Å²) in [5.74, 6) is 0. The van der Waals surface area contributed by atoms with Crippen LogP contribution in [0.15, 0.2) is 18.3 Å². The first kappa shape index (κ1) is 7.47. The van der Waals surface area contributed by atoms with E-state index in [9.17, 15) is 0 Å². The Balaban J connectivity index is 3.03. The van der Waals surface area contributed by atoms with Crippen molar-refractivity contribution < 1.29 is 10.2 Å². The van der Waals surface area contributed by atoms with Gasteiger partial charge in [0.1, 0.15) is 5.15 Å². The van der Waals surface area contributed by atoms with Crippen molar-refractivity contribution in [1.82, 2.24) is 4.98 Å². The van der Waals surface area contributed by atoms with E-state index in [1.165, 1.54) is 12.3 Å². The zero-order valence-electron chi connectivity index (χ0n) is 5.03. The van der Waals surface area contributed by atoms with Gasteiger partial charge in [0, 0.05) is 11.8 Å². The zero-order chi connectivity index (χ0) is 7.56. The molecule has 0 bridgehead atoms. The number of nitrogens with zero attached hydrogens (tertiary/aromatic N) is 1. The van der Waals surface area contributed by atoms with Crippen molar-refractivity contribution in [3.05, 3.63) is 29.0 Å². The fourth-order valence-corrected chi connectivity index (χ4v) is 0.808. The second-order valence-electron chi connectivity index (χ2n) is 1.76. The summed E-state index contributed by atoms with van der Waals surface area (Å²) in [6.07, 6.45) is -0.0602. The van der Waals surface area contributed by atoms with E-state index >= 15 is 0 Å². The maximum atomic E-state index is 8.64. The minimum atomic E-state index is -1.54. The van der Waals surface area contributed by atoms with Gasteiger partial charge in [-0.25, -0.2) is 4.98 Å². The lowest BCUT2D eigenvalue weighted by Gasteiger charge is -2.02. The Morgan fingerprint density at radius 2 is 2.20 bits per heavy atom. The summed E-state index contributed by atoms with van der Waals surface area (Å²) in [6, 6.07) is 3.08. The van der Waals surface area contributed by atoms with Crippen molar-refractivity contribution in [3.8, 4) is 0 Å². The number of hydrogen-bond donors (Lipinski definition) is 2. The van der Waals surface area contributed by atoms with Crippen molar-refractivity contribution in [2.45, 2.75) is 6.29 Å². The number of aromatic nitrogens is 1. The minimum Gasteiger partial charge on any atom is -0.364 e. The molecule has 3 nitrogen and oxygen atoms in total. The Kier molecular flexibility index (Phi) is 2.21. The van der Waals surface area contributed by atoms with Crippen molar-refractivity contribution in [1.29, 1.82) is 0 Å². The van der Waals surface area contributed by atoms with E-state index in [0.29, 0.717) is 0 Å². The highest BCUT2D eigenvalue weighted by Gasteiger charge is 2.06. The van der Waals surface area contributed by atoms with Gasteiger partial charge >= 0.3 is 0 Å². The molecule has 10 heavy (non-hydrogen) atoms. The molecule has 0 atom stereocenters. The summed E-state index contributed by atoms with van der Waals surface area (Å²) in [6.45, 7) is 0. The molecular weight excluding hydrogens is 154 g/mol. The largest absolute Gasteiger partial charge is 0.364 e. The summed E-state index contributed by atoms with van der Waals surface area (Å²) < 4.78 is 0. The molecule has 0 fully saturated rings. The van der Waals surface area contributed by atoms with E-state index in [4.69, 9.17) is 21.8 Å². The molecule has 0 spiro atoms. The summed E-state index contributed by atoms with van der Waals surface area (Å²) in [4.78, 5) is 3.65. The van der Waals surface area contributed by atoms with Gasteiger partial charge in [-0.3, -0.25) is 0 Å². The van der Waals surface area contributed by atoms with E-state index < -0.39 is 6.29 Å². The normalized spacial score (nSPS) is 10.4. The fourth-order valence-electron chi connectivity index (χ4n) is 0.591. The van der Waals surface area contributed by atoms with Gasteiger partial charge in [-0.1, -0.05) is 11.6 Å². The predicted molar refractivity (Wildman–Crippen MR) is 36.4 cm³/mol. The maximum Gasteiger partial charge on any atom is 0.181 e. The molecule has 1 rings (SSSR count). The SMILES string of the molecule is OC(O)c1cccnc1Cl. The molecule has 2 N–H and O–H groups in total.